The van der Waals surface area contributed by atoms with Crippen molar-refractivity contribution in [3.63, 3.8) is 0 Å². The summed E-state index contributed by atoms with van der Waals surface area (Å²) < 4.78 is 26.6. The molecule has 1 aliphatic rings. The van der Waals surface area contributed by atoms with Gasteiger partial charge in [-0.3, -0.25) is 4.79 Å². The summed E-state index contributed by atoms with van der Waals surface area (Å²) in [4.78, 5) is 12.4. The highest BCUT2D eigenvalue weighted by Gasteiger charge is 2.19. The van der Waals surface area contributed by atoms with E-state index in [0.29, 0.717) is 5.69 Å². The average Bonchev–Trinajstić information content (AvgIpc) is 2.52. The number of benzene rings is 1. The molecule has 1 fully saturated rings. The van der Waals surface area contributed by atoms with Gasteiger partial charge in [-0.15, -0.1) is 0 Å². The molecule has 0 spiro atoms. The van der Waals surface area contributed by atoms with Gasteiger partial charge < -0.3 is 15.1 Å². The molecule has 0 aromatic heterocycles. The molecular formula is C15H22N2O5S. The molecule has 0 aliphatic carbocycles. The molecule has 0 amide bonds. The van der Waals surface area contributed by atoms with Gasteiger partial charge in [0.25, 0.3) is 0 Å². The van der Waals surface area contributed by atoms with Crippen molar-refractivity contribution in [2.24, 2.45) is 0 Å². The van der Waals surface area contributed by atoms with Crippen LogP contribution in [-0.4, -0.2) is 44.2 Å². The van der Waals surface area contributed by atoms with Gasteiger partial charge in [-0.2, -0.15) is 0 Å². The summed E-state index contributed by atoms with van der Waals surface area (Å²) in [5, 5.41) is 18.7. The highest BCUT2D eigenvalue weighted by atomic mass is 32.2. The van der Waals surface area contributed by atoms with Crippen molar-refractivity contribution in [3.05, 3.63) is 18.2 Å². The average molecular weight is 342 g/mol. The predicted molar refractivity (Wildman–Crippen MR) is 86.2 cm³/mol. The topological polar surface area (TPSA) is 107 Å². The second-order valence-corrected chi connectivity index (χ2v) is 7.36. The van der Waals surface area contributed by atoms with Crippen molar-refractivity contribution in [3.8, 4) is 5.75 Å². The van der Waals surface area contributed by atoms with Crippen molar-refractivity contribution in [2.45, 2.75) is 37.0 Å². The third kappa shape index (κ3) is 4.84. The van der Waals surface area contributed by atoms with Gasteiger partial charge in [0.1, 0.15) is 5.75 Å². The Morgan fingerprint density at radius 3 is 2.52 bits per heavy atom. The number of phenols is 1. The monoisotopic (exact) mass is 342 g/mol. The van der Waals surface area contributed by atoms with E-state index in [4.69, 9.17) is 5.11 Å². The SMILES string of the molecule is O=C(O)CCCNS(=O)(=O)c1ccc(N2CCCCC2)c(O)c1. The van der Waals surface area contributed by atoms with E-state index >= 15 is 0 Å². The van der Waals surface area contributed by atoms with Crippen LogP contribution in [0.2, 0.25) is 0 Å². The molecule has 23 heavy (non-hydrogen) atoms. The van der Waals surface area contributed by atoms with Crippen LogP contribution in [0.3, 0.4) is 0 Å². The lowest BCUT2D eigenvalue weighted by Crippen LogP contribution is -2.29. The number of piperidine rings is 1. The Hall–Kier alpha value is -1.80. The molecule has 1 saturated heterocycles. The molecule has 3 N–H and O–H groups in total. The number of nitrogens with zero attached hydrogens (tertiary/aromatic N) is 1. The maximum atomic E-state index is 12.1. The Kier molecular flexibility index (Phi) is 5.84. The first-order valence-electron chi connectivity index (χ1n) is 7.69. The lowest BCUT2D eigenvalue weighted by molar-refractivity contribution is -0.137. The summed E-state index contributed by atoms with van der Waals surface area (Å²) >= 11 is 0. The van der Waals surface area contributed by atoms with Crippen molar-refractivity contribution < 1.29 is 23.4 Å². The van der Waals surface area contributed by atoms with E-state index in [2.05, 4.69) is 9.62 Å². The minimum absolute atomic E-state index is 0.0221. The Morgan fingerprint density at radius 1 is 1.22 bits per heavy atom. The van der Waals surface area contributed by atoms with E-state index < -0.39 is 16.0 Å². The first-order chi connectivity index (χ1) is 10.9. The Balaban J connectivity index is 2.04. The van der Waals surface area contributed by atoms with Gasteiger partial charge in [0, 0.05) is 32.1 Å². The third-order valence-electron chi connectivity index (χ3n) is 3.81. The van der Waals surface area contributed by atoms with E-state index in [9.17, 15) is 18.3 Å². The van der Waals surface area contributed by atoms with Crippen molar-refractivity contribution >= 4 is 21.7 Å². The molecule has 1 aliphatic heterocycles. The number of anilines is 1. The highest BCUT2D eigenvalue weighted by molar-refractivity contribution is 7.89. The maximum absolute atomic E-state index is 12.1. The zero-order valence-electron chi connectivity index (χ0n) is 12.9. The van der Waals surface area contributed by atoms with Gasteiger partial charge in [-0.1, -0.05) is 0 Å². The molecule has 1 heterocycles. The molecule has 0 atom stereocenters. The van der Waals surface area contributed by atoms with Crippen molar-refractivity contribution in [1.29, 1.82) is 0 Å². The zero-order chi connectivity index (χ0) is 16.9. The molecule has 0 saturated carbocycles. The number of carboxylic acid groups (broad SMARTS) is 1. The summed E-state index contributed by atoms with van der Waals surface area (Å²) in [5.41, 5.74) is 0.648. The van der Waals surface area contributed by atoms with E-state index in [1.54, 1.807) is 6.07 Å². The molecule has 1 aromatic rings. The van der Waals surface area contributed by atoms with Crippen LogP contribution in [-0.2, 0) is 14.8 Å². The van der Waals surface area contributed by atoms with Gasteiger partial charge in [0.05, 0.1) is 10.6 Å². The van der Waals surface area contributed by atoms with E-state index in [1.807, 2.05) is 0 Å². The summed E-state index contributed by atoms with van der Waals surface area (Å²) in [6, 6.07) is 4.32. The summed E-state index contributed by atoms with van der Waals surface area (Å²) in [5.74, 6) is -1.02. The minimum Gasteiger partial charge on any atom is -0.506 e. The summed E-state index contributed by atoms with van der Waals surface area (Å²) in [6.07, 6.45) is 3.41. The Morgan fingerprint density at radius 2 is 1.91 bits per heavy atom. The fraction of sp³-hybridized carbons (Fsp3) is 0.533. The number of sulfonamides is 1. The van der Waals surface area contributed by atoms with E-state index in [-0.39, 0.29) is 30.0 Å². The maximum Gasteiger partial charge on any atom is 0.303 e. The smallest absolute Gasteiger partial charge is 0.303 e. The number of nitrogens with one attached hydrogen (secondary N) is 1. The Bertz CT molecular complexity index is 654. The summed E-state index contributed by atoms with van der Waals surface area (Å²) in [6.45, 7) is 1.75. The van der Waals surface area contributed by atoms with Crippen LogP contribution in [0.1, 0.15) is 32.1 Å². The number of aliphatic carboxylic acids is 1. The minimum atomic E-state index is -3.75. The molecule has 0 unspecified atom stereocenters. The molecular weight excluding hydrogens is 320 g/mol. The largest absolute Gasteiger partial charge is 0.506 e. The second kappa shape index (κ2) is 7.65. The summed E-state index contributed by atoms with van der Waals surface area (Å²) in [7, 11) is -3.75. The second-order valence-electron chi connectivity index (χ2n) is 5.59. The third-order valence-corrected chi connectivity index (χ3v) is 5.27. The van der Waals surface area contributed by atoms with E-state index in [0.717, 1.165) is 25.9 Å². The van der Waals surface area contributed by atoms with Gasteiger partial charge >= 0.3 is 5.97 Å². The van der Waals surface area contributed by atoms with Crippen LogP contribution in [0.15, 0.2) is 23.1 Å². The first-order valence-corrected chi connectivity index (χ1v) is 9.18. The van der Waals surface area contributed by atoms with Crippen LogP contribution in [0.4, 0.5) is 5.69 Å². The first kappa shape index (κ1) is 17.6. The number of phenolic OH excluding ortho intramolecular Hbond substituents is 1. The van der Waals surface area contributed by atoms with Crippen LogP contribution in [0.25, 0.3) is 0 Å². The number of hydrogen-bond acceptors (Lipinski definition) is 5. The van der Waals surface area contributed by atoms with Gasteiger partial charge in [0.15, 0.2) is 0 Å². The fourth-order valence-electron chi connectivity index (χ4n) is 2.60. The number of rotatable bonds is 7. The van der Waals surface area contributed by atoms with Crippen LogP contribution in [0, 0.1) is 0 Å². The van der Waals surface area contributed by atoms with Gasteiger partial charge in [-0.05, 0) is 37.8 Å². The van der Waals surface area contributed by atoms with Gasteiger partial charge in [0.2, 0.25) is 10.0 Å². The van der Waals surface area contributed by atoms with Gasteiger partial charge in [-0.25, -0.2) is 13.1 Å². The number of carbonyl (C=O) groups is 1. The van der Waals surface area contributed by atoms with Crippen molar-refractivity contribution in [1.82, 2.24) is 4.72 Å². The molecule has 7 nitrogen and oxygen atoms in total. The standard InChI is InChI=1S/C15H22N2O5S/c18-14-11-12(23(21,22)16-8-4-5-15(19)20)6-7-13(14)17-9-2-1-3-10-17/h6-7,11,16,18H,1-5,8-10H2,(H,19,20). The molecule has 8 heteroatoms. The molecule has 0 radical (unpaired) electrons. The van der Waals surface area contributed by atoms with Crippen molar-refractivity contribution in [2.75, 3.05) is 24.5 Å². The highest BCUT2D eigenvalue weighted by Crippen LogP contribution is 2.31. The quantitative estimate of drug-likeness (QED) is 0.649. The fourth-order valence-corrected chi connectivity index (χ4v) is 3.70. The normalized spacial score (nSPS) is 15.6. The number of aromatic hydroxyl groups is 1. The molecule has 2 rings (SSSR count). The lowest BCUT2D eigenvalue weighted by Gasteiger charge is -2.29. The number of hydrogen-bond donors (Lipinski definition) is 3. The molecule has 128 valence electrons. The molecule has 1 aromatic carbocycles. The predicted octanol–water partition coefficient (Wildman–Crippen LogP) is 1.53. The van der Waals surface area contributed by atoms with Crippen LogP contribution in [0.5, 0.6) is 5.75 Å². The van der Waals surface area contributed by atoms with E-state index in [1.165, 1.54) is 18.6 Å². The van der Waals surface area contributed by atoms with Crippen LogP contribution < -0.4 is 9.62 Å². The van der Waals surface area contributed by atoms with Crippen LogP contribution >= 0.6 is 0 Å². The lowest BCUT2D eigenvalue weighted by atomic mass is 10.1. The molecule has 0 bridgehead atoms. The Labute approximate surface area is 136 Å². The number of carboxylic acids is 1. The zero-order valence-corrected chi connectivity index (χ0v) is 13.7.